The summed E-state index contributed by atoms with van der Waals surface area (Å²) >= 11 is 0. The molecule has 108 valence electrons. The first-order valence-electron chi connectivity index (χ1n) is 6.70. The Hall–Kier alpha value is -1.56. The minimum Gasteiger partial charge on any atom is -0.335 e. The van der Waals surface area contributed by atoms with E-state index in [0.29, 0.717) is 5.56 Å². The number of fused-ring (bicyclic) bond motifs is 1. The number of amides is 1. The van der Waals surface area contributed by atoms with E-state index >= 15 is 0 Å². The van der Waals surface area contributed by atoms with Crippen molar-refractivity contribution in [3.8, 4) is 0 Å². The van der Waals surface area contributed by atoms with Gasteiger partial charge in [0.15, 0.2) is 0 Å². The summed E-state index contributed by atoms with van der Waals surface area (Å²) in [6, 6.07) is 5.01. The fraction of sp³-hybridized carbons (Fsp3) is 0.500. The molecule has 2 aliphatic heterocycles. The standard InChI is InChI=1S/C14H15F3N2O/c15-14(16,17)10-5-3-4-9(8-10)12-18-13(20)11-6-1-2-7-19(11)12/h3-5,8,11-12H,1-2,6-7H2,(H,18,20). The summed E-state index contributed by atoms with van der Waals surface area (Å²) in [5, 5.41) is 2.81. The zero-order chi connectivity index (χ0) is 14.3. The fourth-order valence-electron chi connectivity index (χ4n) is 3.02. The minimum atomic E-state index is -4.36. The first kappa shape index (κ1) is 13.4. The molecule has 0 aliphatic carbocycles. The Kier molecular flexibility index (Phi) is 3.20. The number of hydrogen-bond donors (Lipinski definition) is 1. The number of hydrogen-bond acceptors (Lipinski definition) is 2. The lowest BCUT2D eigenvalue weighted by atomic mass is 10.0. The highest BCUT2D eigenvalue weighted by Crippen LogP contribution is 2.35. The quantitative estimate of drug-likeness (QED) is 0.860. The van der Waals surface area contributed by atoms with Crippen molar-refractivity contribution in [1.29, 1.82) is 0 Å². The van der Waals surface area contributed by atoms with Crippen LogP contribution in [0.5, 0.6) is 0 Å². The number of nitrogens with zero attached hydrogens (tertiary/aromatic N) is 1. The van der Waals surface area contributed by atoms with E-state index in [1.54, 1.807) is 6.07 Å². The van der Waals surface area contributed by atoms with Crippen LogP contribution in [0.2, 0.25) is 0 Å². The van der Waals surface area contributed by atoms with Crippen molar-refractivity contribution in [2.45, 2.75) is 37.6 Å². The average molecular weight is 284 g/mol. The Morgan fingerprint density at radius 2 is 2.05 bits per heavy atom. The summed E-state index contributed by atoms with van der Waals surface area (Å²) in [6.07, 6.45) is -2.05. The topological polar surface area (TPSA) is 32.3 Å². The van der Waals surface area contributed by atoms with Crippen molar-refractivity contribution in [2.75, 3.05) is 6.54 Å². The maximum Gasteiger partial charge on any atom is 0.416 e. The Labute approximate surface area is 114 Å². The summed E-state index contributed by atoms with van der Waals surface area (Å²) in [5.41, 5.74) is -0.178. The first-order valence-corrected chi connectivity index (χ1v) is 6.70. The molecule has 2 unspecified atom stereocenters. The Balaban J connectivity index is 1.91. The van der Waals surface area contributed by atoms with Gasteiger partial charge >= 0.3 is 6.18 Å². The summed E-state index contributed by atoms with van der Waals surface area (Å²) < 4.78 is 38.3. The highest BCUT2D eigenvalue weighted by atomic mass is 19.4. The zero-order valence-corrected chi connectivity index (χ0v) is 10.8. The predicted octanol–water partition coefficient (Wildman–Crippen LogP) is 2.69. The third kappa shape index (κ3) is 2.28. The summed E-state index contributed by atoms with van der Waals surface area (Å²) in [5.74, 6) is -0.0767. The van der Waals surface area contributed by atoms with Crippen molar-refractivity contribution < 1.29 is 18.0 Å². The van der Waals surface area contributed by atoms with Crippen LogP contribution < -0.4 is 5.32 Å². The maximum absolute atomic E-state index is 12.8. The number of benzene rings is 1. The molecule has 3 nitrogen and oxygen atoms in total. The van der Waals surface area contributed by atoms with Gasteiger partial charge in [0, 0.05) is 6.54 Å². The number of carbonyl (C=O) groups is 1. The van der Waals surface area contributed by atoms with Gasteiger partial charge in [0.05, 0.1) is 11.6 Å². The average Bonchev–Trinajstić information content (AvgIpc) is 2.76. The molecule has 1 aromatic carbocycles. The van der Waals surface area contributed by atoms with Crippen LogP contribution in [0, 0.1) is 0 Å². The molecule has 2 atom stereocenters. The Morgan fingerprint density at radius 3 is 2.80 bits per heavy atom. The van der Waals surface area contributed by atoms with Gasteiger partial charge in [-0.15, -0.1) is 0 Å². The second kappa shape index (κ2) is 4.77. The van der Waals surface area contributed by atoms with E-state index in [9.17, 15) is 18.0 Å². The van der Waals surface area contributed by atoms with Crippen molar-refractivity contribution in [2.24, 2.45) is 0 Å². The highest BCUT2D eigenvalue weighted by Gasteiger charge is 2.42. The monoisotopic (exact) mass is 284 g/mol. The van der Waals surface area contributed by atoms with Gasteiger partial charge in [0.25, 0.3) is 0 Å². The molecule has 1 N–H and O–H groups in total. The summed E-state index contributed by atoms with van der Waals surface area (Å²) in [6.45, 7) is 0.740. The molecule has 2 aliphatic rings. The lowest BCUT2D eigenvalue weighted by Gasteiger charge is -2.31. The lowest BCUT2D eigenvalue weighted by molar-refractivity contribution is -0.137. The van der Waals surface area contributed by atoms with E-state index in [2.05, 4.69) is 5.32 Å². The molecular formula is C14H15F3N2O. The van der Waals surface area contributed by atoms with Crippen LogP contribution in [-0.2, 0) is 11.0 Å². The third-order valence-corrected chi connectivity index (χ3v) is 3.99. The second-order valence-electron chi connectivity index (χ2n) is 5.28. The summed E-state index contributed by atoms with van der Waals surface area (Å²) in [4.78, 5) is 13.9. The lowest BCUT2D eigenvalue weighted by Crippen LogP contribution is -2.38. The van der Waals surface area contributed by atoms with Gasteiger partial charge in [0.2, 0.25) is 5.91 Å². The van der Waals surface area contributed by atoms with Crippen molar-refractivity contribution in [3.63, 3.8) is 0 Å². The molecule has 2 heterocycles. The molecule has 0 bridgehead atoms. The highest BCUT2D eigenvalue weighted by molar-refractivity contribution is 5.84. The molecule has 0 radical (unpaired) electrons. The number of halogens is 3. The van der Waals surface area contributed by atoms with Crippen LogP contribution in [0.15, 0.2) is 24.3 Å². The van der Waals surface area contributed by atoms with Crippen LogP contribution in [-0.4, -0.2) is 23.4 Å². The second-order valence-corrected chi connectivity index (χ2v) is 5.28. The van der Waals surface area contributed by atoms with Gasteiger partial charge in [-0.3, -0.25) is 9.69 Å². The number of piperidine rings is 1. The van der Waals surface area contributed by atoms with Gasteiger partial charge in [-0.25, -0.2) is 0 Å². The molecular weight excluding hydrogens is 269 g/mol. The van der Waals surface area contributed by atoms with E-state index in [4.69, 9.17) is 0 Å². The maximum atomic E-state index is 12.8. The van der Waals surface area contributed by atoms with Crippen LogP contribution in [0.25, 0.3) is 0 Å². The van der Waals surface area contributed by atoms with Crippen LogP contribution in [0.4, 0.5) is 13.2 Å². The van der Waals surface area contributed by atoms with Crippen LogP contribution in [0.3, 0.4) is 0 Å². The Bertz CT molecular complexity index is 529. The van der Waals surface area contributed by atoms with E-state index in [1.807, 2.05) is 4.90 Å². The normalized spacial score (nSPS) is 27.2. The molecule has 0 spiro atoms. The van der Waals surface area contributed by atoms with E-state index in [-0.39, 0.29) is 11.9 Å². The molecule has 1 aromatic rings. The van der Waals surface area contributed by atoms with Gasteiger partial charge in [-0.2, -0.15) is 13.2 Å². The van der Waals surface area contributed by atoms with E-state index in [0.717, 1.165) is 37.9 Å². The minimum absolute atomic E-state index is 0.0767. The van der Waals surface area contributed by atoms with E-state index < -0.39 is 17.9 Å². The number of carbonyl (C=O) groups excluding carboxylic acids is 1. The largest absolute Gasteiger partial charge is 0.416 e. The van der Waals surface area contributed by atoms with Gasteiger partial charge < -0.3 is 5.32 Å². The van der Waals surface area contributed by atoms with Crippen LogP contribution >= 0.6 is 0 Å². The van der Waals surface area contributed by atoms with Crippen molar-refractivity contribution in [1.82, 2.24) is 10.2 Å². The molecule has 0 aromatic heterocycles. The van der Waals surface area contributed by atoms with Gasteiger partial charge in [0.1, 0.15) is 6.17 Å². The van der Waals surface area contributed by atoms with Crippen molar-refractivity contribution in [3.05, 3.63) is 35.4 Å². The molecule has 1 amide bonds. The zero-order valence-electron chi connectivity index (χ0n) is 10.8. The fourth-order valence-corrected chi connectivity index (χ4v) is 3.02. The third-order valence-electron chi connectivity index (χ3n) is 3.99. The molecule has 2 saturated heterocycles. The van der Waals surface area contributed by atoms with Crippen LogP contribution in [0.1, 0.15) is 36.6 Å². The SMILES string of the molecule is O=C1NC(c2cccc(C(F)(F)F)c2)N2CCCCC12. The van der Waals surface area contributed by atoms with Gasteiger partial charge in [-0.1, -0.05) is 18.6 Å². The first-order chi connectivity index (χ1) is 9.47. The number of alkyl halides is 3. The molecule has 2 fully saturated rings. The van der Waals surface area contributed by atoms with E-state index in [1.165, 1.54) is 6.07 Å². The number of rotatable bonds is 1. The number of nitrogens with one attached hydrogen (secondary N) is 1. The molecule has 3 rings (SSSR count). The molecule has 0 saturated carbocycles. The smallest absolute Gasteiger partial charge is 0.335 e. The molecule has 6 heteroatoms. The molecule has 20 heavy (non-hydrogen) atoms. The Morgan fingerprint density at radius 1 is 1.25 bits per heavy atom. The predicted molar refractivity (Wildman–Crippen MR) is 66.7 cm³/mol. The summed E-state index contributed by atoms with van der Waals surface area (Å²) in [7, 11) is 0. The van der Waals surface area contributed by atoms with Crippen molar-refractivity contribution >= 4 is 5.91 Å². The van der Waals surface area contributed by atoms with Gasteiger partial charge in [-0.05, 0) is 30.5 Å².